The van der Waals surface area contributed by atoms with E-state index in [2.05, 4.69) is 0 Å². The van der Waals surface area contributed by atoms with Crippen molar-refractivity contribution in [3.63, 3.8) is 0 Å². The van der Waals surface area contributed by atoms with Crippen molar-refractivity contribution < 1.29 is 9.53 Å². The third kappa shape index (κ3) is 3.11. The zero-order valence-corrected chi connectivity index (χ0v) is 15.1. The van der Waals surface area contributed by atoms with E-state index in [1.54, 1.807) is 29.8 Å². The molecule has 0 saturated heterocycles. The summed E-state index contributed by atoms with van der Waals surface area (Å²) < 4.78 is 5.17. The van der Waals surface area contributed by atoms with Gasteiger partial charge in [-0.3, -0.25) is 9.69 Å². The summed E-state index contributed by atoms with van der Waals surface area (Å²) in [5, 5.41) is 0. The Hall–Kier alpha value is -2.98. The molecule has 4 rings (SSSR count). The maximum atomic E-state index is 13.0. The quantitative estimate of drug-likeness (QED) is 0.575. The van der Waals surface area contributed by atoms with Crippen LogP contribution in [0.3, 0.4) is 0 Å². The van der Waals surface area contributed by atoms with Crippen molar-refractivity contribution in [2.75, 3.05) is 12.0 Å². The Morgan fingerprint density at radius 2 is 1.46 bits per heavy atom. The molecule has 0 N–H and O–H groups in total. The molecule has 0 spiro atoms. The van der Waals surface area contributed by atoms with Crippen LogP contribution in [0, 0.1) is 0 Å². The summed E-state index contributed by atoms with van der Waals surface area (Å²) >= 11 is 1.69. The van der Waals surface area contributed by atoms with Gasteiger partial charge in [-0.1, -0.05) is 48.2 Å². The first kappa shape index (κ1) is 16.5. The number of fused-ring (bicyclic) bond motifs is 2. The van der Waals surface area contributed by atoms with Crippen molar-refractivity contribution in [1.82, 2.24) is 0 Å². The molecule has 3 nitrogen and oxygen atoms in total. The van der Waals surface area contributed by atoms with Crippen molar-refractivity contribution in [3.8, 4) is 5.75 Å². The molecule has 1 amide bonds. The van der Waals surface area contributed by atoms with Crippen molar-refractivity contribution in [1.29, 1.82) is 0 Å². The van der Waals surface area contributed by atoms with Gasteiger partial charge in [0, 0.05) is 15.9 Å². The highest BCUT2D eigenvalue weighted by Gasteiger charge is 2.26. The van der Waals surface area contributed by atoms with Crippen LogP contribution in [-0.4, -0.2) is 13.0 Å². The molecule has 0 bridgehead atoms. The molecule has 0 unspecified atom stereocenters. The number of anilines is 2. The Morgan fingerprint density at radius 1 is 0.885 bits per heavy atom. The molecule has 0 aliphatic carbocycles. The summed E-state index contributed by atoms with van der Waals surface area (Å²) in [4.78, 5) is 17.0. The van der Waals surface area contributed by atoms with Crippen LogP contribution in [0.4, 0.5) is 11.4 Å². The summed E-state index contributed by atoms with van der Waals surface area (Å²) in [7, 11) is 1.64. The van der Waals surface area contributed by atoms with Crippen molar-refractivity contribution in [2.45, 2.75) is 9.79 Å². The minimum Gasteiger partial charge on any atom is -0.497 e. The zero-order chi connectivity index (χ0) is 17.9. The Kier molecular flexibility index (Phi) is 4.50. The van der Waals surface area contributed by atoms with E-state index in [-0.39, 0.29) is 5.91 Å². The number of nitrogens with zero attached hydrogens (tertiary/aromatic N) is 1. The SMILES string of the molecule is COc1ccc(/C=C\C(=O)N2c3ccccc3Sc3ccccc32)cc1. The van der Waals surface area contributed by atoms with Crippen LogP contribution in [0.15, 0.2) is 88.7 Å². The fourth-order valence-electron chi connectivity index (χ4n) is 2.90. The lowest BCUT2D eigenvalue weighted by Gasteiger charge is -2.30. The molecule has 26 heavy (non-hydrogen) atoms. The number of carbonyl (C=O) groups is 1. The van der Waals surface area contributed by atoms with E-state index >= 15 is 0 Å². The lowest BCUT2D eigenvalue weighted by molar-refractivity contribution is -0.113. The predicted octanol–water partition coefficient (Wildman–Crippen LogP) is 5.54. The third-order valence-electron chi connectivity index (χ3n) is 4.19. The summed E-state index contributed by atoms with van der Waals surface area (Å²) in [5.41, 5.74) is 2.79. The van der Waals surface area contributed by atoms with E-state index < -0.39 is 0 Å². The van der Waals surface area contributed by atoms with E-state index in [1.165, 1.54) is 0 Å². The first-order valence-electron chi connectivity index (χ1n) is 8.28. The number of hydrogen-bond donors (Lipinski definition) is 0. The smallest absolute Gasteiger partial charge is 0.255 e. The van der Waals surface area contributed by atoms with E-state index in [1.807, 2.05) is 78.9 Å². The molecular weight excluding hydrogens is 342 g/mol. The largest absolute Gasteiger partial charge is 0.497 e. The molecule has 0 radical (unpaired) electrons. The van der Waals surface area contributed by atoms with Crippen LogP contribution < -0.4 is 9.64 Å². The maximum absolute atomic E-state index is 13.0. The van der Waals surface area contributed by atoms with Crippen LogP contribution in [0.2, 0.25) is 0 Å². The Labute approximate surface area is 156 Å². The van der Waals surface area contributed by atoms with Crippen molar-refractivity contribution >= 4 is 35.1 Å². The lowest BCUT2D eigenvalue weighted by atomic mass is 10.2. The number of ether oxygens (including phenoxy) is 1. The van der Waals surface area contributed by atoms with Gasteiger partial charge in [-0.25, -0.2) is 0 Å². The van der Waals surface area contributed by atoms with Gasteiger partial charge in [-0.2, -0.15) is 0 Å². The van der Waals surface area contributed by atoms with Gasteiger partial charge in [0.05, 0.1) is 18.5 Å². The van der Waals surface area contributed by atoms with Gasteiger partial charge in [-0.05, 0) is 48.0 Å². The molecule has 0 aromatic heterocycles. The van der Waals surface area contributed by atoms with E-state index in [4.69, 9.17) is 4.74 Å². The average Bonchev–Trinajstić information content (AvgIpc) is 2.70. The monoisotopic (exact) mass is 359 g/mol. The average molecular weight is 359 g/mol. The van der Waals surface area contributed by atoms with Crippen molar-refractivity contribution in [2.24, 2.45) is 0 Å². The highest BCUT2D eigenvalue weighted by Crippen LogP contribution is 2.47. The van der Waals surface area contributed by atoms with Crippen LogP contribution in [0.25, 0.3) is 6.08 Å². The fraction of sp³-hybridized carbons (Fsp3) is 0.0455. The molecule has 0 atom stereocenters. The molecule has 1 heterocycles. The van der Waals surface area contributed by atoms with Gasteiger partial charge < -0.3 is 4.74 Å². The van der Waals surface area contributed by atoms with Gasteiger partial charge in [0.25, 0.3) is 5.91 Å². The number of methoxy groups -OCH3 is 1. The molecule has 0 fully saturated rings. The van der Waals surface area contributed by atoms with E-state index in [0.717, 1.165) is 32.5 Å². The Morgan fingerprint density at radius 3 is 2.04 bits per heavy atom. The summed E-state index contributed by atoms with van der Waals surface area (Å²) in [6.07, 6.45) is 3.44. The van der Waals surface area contributed by atoms with Gasteiger partial charge >= 0.3 is 0 Å². The fourth-order valence-corrected chi connectivity index (χ4v) is 3.96. The molecule has 1 aliphatic heterocycles. The molecule has 4 heteroatoms. The highest BCUT2D eigenvalue weighted by molar-refractivity contribution is 7.99. The van der Waals surface area contributed by atoms with Gasteiger partial charge in [-0.15, -0.1) is 0 Å². The second-order valence-corrected chi connectivity index (χ2v) is 6.90. The summed E-state index contributed by atoms with van der Waals surface area (Å²) in [5.74, 6) is 0.727. The number of hydrogen-bond acceptors (Lipinski definition) is 3. The molecule has 3 aromatic carbocycles. The lowest BCUT2D eigenvalue weighted by Crippen LogP contribution is -2.26. The second-order valence-electron chi connectivity index (χ2n) is 5.82. The van der Waals surface area contributed by atoms with Gasteiger partial charge in [0.2, 0.25) is 0 Å². The van der Waals surface area contributed by atoms with E-state index in [9.17, 15) is 4.79 Å². The summed E-state index contributed by atoms with van der Waals surface area (Å²) in [6.45, 7) is 0. The van der Waals surface area contributed by atoms with Gasteiger partial charge in [0.15, 0.2) is 0 Å². The normalized spacial score (nSPS) is 12.6. The number of para-hydroxylation sites is 2. The summed E-state index contributed by atoms with van der Waals surface area (Å²) in [6, 6.07) is 23.6. The van der Waals surface area contributed by atoms with Crippen LogP contribution in [0.1, 0.15) is 5.56 Å². The molecular formula is C22H17NO2S. The Bertz CT molecular complexity index is 934. The first-order chi connectivity index (χ1) is 12.8. The van der Waals surface area contributed by atoms with Gasteiger partial charge in [0.1, 0.15) is 5.75 Å². The minimum atomic E-state index is -0.0685. The Balaban J connectivity index is 1.68. The molecule has 128 valence electrons. The second kappa shape index (κ2) is 7.10. The minimum absolute atomic E-state index is 0.0685. The van der Waals surface area contributed by atoms with Crippen LogP contribution in [0.5, 0.6) is 5.75 Å². The number of carbonyl (C=O) groups excluding carboxylic acids is 1. The first-order valence-corrected chi connectivity index (χ1v) is 9.10. The number of amides is 1. The van der Waals surface area contributed by atoms with E-state index in [0.29, 0.717) is 0 Å². The van der Waals surface area contributed by atoms with Crippen molar-refractivity contribution in [3.05, 3.63) is 84.4 Å². The standard InChI is InChI=1S/C22H17NO2S/c1-25-17-13-10-16(11-14-17)12-15-22(24)23-18-6-2-4-8-20(18)26-21-9-5-3-7-19(21)23/h2-15H,1H3/b15-12-. The molecule has 3 aromatic rings. The topological polar surface area (TPSA) is 29.5 Å². The maximum Gasteiger partial charge on any atom is 0.255 e. The van der Waals surface area contributed by atoms with Crippen LogP contribution >= 0.6 is 11.8 Å². The highest BCUT2D eigenvalue weighted by atomic mass is 32.2. The van der Waals surface area contributed by atoms with Crippen LogP contribution in [-0.2, 0) is 4.79 Å². The number of rotatable bonds is 3. The number of benzene rings is 3. The molecule has 1 aliphatic rings. The predicted molar refractivity (Wildman–Crippen MR) is 106 cm³/mol. The molecule has 0 saturated carbocycles. The zero-order valence-electron chi connectivity index (χ0n) is 14.3. The third-order valence-corrected chi connectivity index (χ3v) is 5.32.